The number of carbonyl (C=O) groups is 2. The summed E-state index contributed by atoms with van der Waals surface area (Å²) in [5, 5.41) is 0. The monoisotopic (exact) mass is 412 g/mol. The first-order chi connectivity index (χ1) is 14.4. The molecule has 6 heteroatoms. The number of para-hydroxylation sites is 1. The molecule has 1 aromatic carbocycles. The minimum absolute atomic E-state index is 0.0355. The van der Waals surface area contributed by atoms with Crippen LogP contribution in [-0.2, 0) is 9.53 Å². The maximum absolute atomic E-state index is 13.1. The van der Waals surface area contributed by atoms with Crippen molar-refractivity contribution < 1.29 is 19.1 Å². The molecule has 2 amide bonds. The van der Waals surface area contributed by atoms with Gasteiger partial charge in [-0.1, -0.05) is 31.6 Å². The van der Waals surface area contributed by atoms with E-state index in [-0.39, 0.29) is 24.3 Å². The van der Waals surface area contributed by atoms with Gasteiger partial charge in [-0.2, -0.15) is 0 Å². The number of hydrogen-bond donors (Lipinski definition) is 0. The van der Waals surface area contributed by atoms with Gasteiger partial charge in [0.05, 0.1) is 12.7 Å². The molecule has 1 aromatic rings. The van der Waals surface area contributed by atoms with E-state index < -0.39 is 0 Å². The Morgan fingerprint density at radius 2 is 1.80 bits per heavy atom. The van der Waals surface area contributed by atoms with Gasteiger partial charge >= 0.3 is 0 Å². The number of carbonyl (C=O) groups excluding carboxylic acids is 2. The molecule has 0 unspecified atom stereocenters. The van der Waals surface area contributed by atoms with Crippen molar-refractivity contribution in [2.45, 2.75) is 39.5 Å². The summed E-state index contributed by atoms with van der Waals surface area (Å²) >= 11 is 0. The van der Waals surface area contributed by atoms with Gasteiger partial charge in [-0.05, 0) is 49.5 Å². The Morgan fingerprint density at radius 1 is 1.10 bits per heavy atom. The van der Waals surface area contributed by atoms with E-state index in [0.717, 1.165) is 24.2 Å². The Balaban J connectivity index is 1.56. The van der Waals surface area contributed by atoms with E-state index in [2.05, 4.69) is 20.8 Å². The second-order valence-corrected chi connectivity index (χ2v) is 8.18. The normalized spacial score (nSPS) is 16.8. The molecule has 1 aliphatic carbocycles. The number of methoxy groups -OCH3 is 1. The van der Waals surface area contributed by atoms with Crippen molar-refractivity contribution in [1.82, 2.24) is 9.80 Å². The van der Waals surface area contributed by atoms with Crippen LogP contribution >= 0.6 is 0 Å². The molecule has 0 N–H and O–H groups in total. The average Bonchev–Trinajstić information content (AvgIpc) is 2.76. The number of amides is 2. The van der Waals surface area contributed by atoms with Crippen molar-refractivity contribution >= 4 is 11.8 Å². The van der Waals surface area contributed by atoms with E-state index in [1.807, 2.05) is 30.4 Å². The van der Waals surface area contributed by atoms with E-state index in [1.54, 1.807) is 16.9 Å². The van der Waals surface area contributed by atoms with Crippen molar-refractivity contribution in [2.24, 2.45) is 0 Å². The van der Waals surface area contributed by atoms with Crippen LogP contribution in [0.5, 0.6) is 5.75 Å². The molecule has 2 aliphatic rings. The highest BCUT2D eigenvalue weighted by Gasteiger charge is 2.27. The zero-order chi connectivity index (χ0) is 21.7. The highest BCUT2D eigenvalue weighted by Crippen LogP contribution is 2.31. The fourth-order valence-corrected chi connectivity index (χ4v) is 3.89. The highest BCUT2D eigenvalue weighted by atomic mass is 16.5. The molecule has 0 saturated carbocycles. The molecule has 30 heavy (non-hydrogen) atoms. The predicted octanol–water partition coefficient (Wildman–Crippen LogP) is 3.74. The maximum atomic E-state index is 13.1. The number of allylic oxidation sites excluding steroid dienone is 3. The second kappa shape index (κ2) is 9.83. The molecule has 1 saturated heterocycles. The molecule has 0 spiro atoms. The van der Waals surface area contributed by atoms with Crippen LogP contribution in [0.25, 0.3) is 0 Å². The van der Waals surface area contributed by atoms with Gasteiger partial charge in [-0.3, -0.25) is 9.59 Å². The second-order valence-electron chi connectivity index (χ2n) is 8.18. The zero-order valence-corrected chi connectivity index (χ0v) is 18.4. The number of nitrogens with zero attached hydrogens (tertiary/aromatic N) is 2. The van der Waals surface area contributed by atoms with Crippen molar-refractivity contribution in [2.75, 3.05) is 39.9 Å². The maximum Gasteiger partial charge on any atom is 0.260 e. The third-order valence-corrected chi connectivity index (χ3v) is 5.66. The molecule has 0 atom stereocenters. The standard InChI is InChI=1S/C24H32N2O4/c1-17(2)20-9-6-10-21(23(20)29-4)24(28)26-13-11-25(12-14-26)22(27)16-30-19-8-5-7-18(3)15-19/h6,8-10,15,17H,5,7,11-14,16H2,1-4H3. The summed E-state index contributed by atoms with van der Waals surface area (Å²) < 4.78 is 11.2. The smallest absolute Gasteiger partial charge is 0.260 e. The first-order valence-electron chi connectivity index (χ1n) is 10.6. The van der Waals surface area contributed by atoms with Crippen LogP contribution < -0.4 is 4.74 Å². The van der Waals surface area contributed by atoms with E-state index in [9.17, 15) is 9.59 Å². The lowest BCUT2D eigenvalue weighted by atomic mass is 9.98. The minimum Gasteiger partial charge on any atom is -0.496 e. The van der Waals surface area contributed by atoms with Crippen LogP contribution in [0.2, 0.25) is 0 Å². The Morgan fingerprint density at radius 3 is 2.43 bits per heavy atom. The van der Waals surface area contributed by atoms with Crippen LogP contribution in [0, 0.1) is 0 Å². The van der Waals surface area contributed by atoms with Gasteiger partial charge in [0.25, 0.3) is 11.8 Å². The van der Waals surface area contributed by atoms with Gasteiger partial charge in [0.1, 0.15) is 11.5 Å². The first kappa shape index (κ1) is 21.9. The molecular formula is C24H32N2O4. The molecule has 0 bridgehead atoms. The van der Waals surface area contributed by atoms with Crippen molar-refractivity contribution in [3.05, 3.63) is 52.8 Å². The summed E-state index contributed by atoms with van der Waals surface area (Å²) in [6, 6.07) is 5.71. The van der Waals surface area contributed by atoms with Gasteiger partial charge in [-0.25, -0.2) is 0 Å². The largest absolute Gasteiger partial charge is 0.496 e. The summed E-state index contributed by atoms with van der Waals surface area (Å²) in [7, 11) is 1.60. The van der Waals surface area contributed by atoms with Gasteiger partial charge in [0, 0.05) is 26.2 Å². The van der Waals surface area contributed by atoms with Crippen LogP contribution in [0.3, 0.4) is 0 Å². The molecule has 0 radical (unpaired) electrons. The number of piperazine rings is 1. The molecule has 162 valence electrons. The molecule has 6 nitrogen and oxygen atoms in total. The number of ether oxygens (including phenoxy) is 2. The van der Waals surface area contributed by atoms with Crippen LogP contribution in [-0.4, -0.2) is 61.5 Å². The average molecular weight is 413 g/mol. The minimum atomic E-state index is -0.0503. The Hall–Kier alpha value is -2.76. The van der Waals surface area contributed by atoms with Crippen LogP contribution in [0.1, 0.15) is 55.5 Å². The summed E-state index contributed by atoms with van der Waals surface area (Å²) in [6.45, 7) is 8.29. The molecule has 1 aliphatic heterocycles. The molecule has 0 aromatic heterocycles. The number of hydrogen-bond acceptors (Lipinski definition) is 4. The quantitative estimate of drug-likeness (QED) is 0.714. The van der Waals surface area contributed by atoms with Crippen molar-refractivity contribution in [1.29, 1.82) is 0 Å². The van der Waals surface area contributed by atoms with Gasteiger partial charge in [0.15, 0.2) is 6.61 Å². The Kier molecular flexibility index (Phi) is 7.19. The summed E-state index contributed by atoms with van der Waals surface area (Å²) in [5.41, 5.74) is 2.87. The fraction of sp³-hybridized carbons (Fsp3) is 0.500. The third-order valence-electron chi connectivity index (χ3n) is 5.66. The Bertz CT molecular complexity index is 849. The molecular weight excluding hydrogens is 380 g/mol. The van der Waals surface area contributed by atoms with E-state index in [1.165, 1.54) is 5.57 Å². The predicted molar refractivity (Wildman–Crippen MR) is 117 cm³/mol. The first-order valence-corrected chi connectivity index (χ1v) is 10.6. The molecule has 1 heterocycles. The number of benzene rings is 1. The number of rotatable bonds is 6. The fourth-order valence-electron chi connectivity index (χ4n) is 3.89. The van der Waals surface area contributed by atoms with Crippen LogP contribution in [0.15, 0.2) is 41.7 Å². The van der Waals surface area contributed by atoms with Gasteiger partial charge in [-0.15, -0.1) is 0 Å². The summed E-state index contributed by atoms with van der Waals surface area (Å²) in [5.74, 6) is 1.59. The lowest BCUT2D eigenvalue weighted by Gasteiger charge is -2.35. The highest BCUT2D eigenvalue weighted by molar-refractivity contribution is 5.97. The lowest BCUT2D eigenvalue weighted by Crippen LogP contribution is -2.51. The van der Waals surface area contributed by atoms with Gasteiger partial charge in [0.2, 0.25) is 0 Å². The van der Waals surface area contributed by atoms with Gasteiger partial charge < -0.3 is 19.3 Å². The van der Waals surface area contributed by atoms with E-state index >= 15 is 0 Å². The third kappa shape index (κ3) is 5.04. The Labute approximate surface area is 179 Å². The zero-order valence-electron chi connectivity index (χ0n) is 18.4. The lowest BCUT2D eigenvalue weighted by molar-refractivity contribution is -0.136. The van der Waals surface area contributed by atoms with Crippen LogP contribution in [0.4, 0.5) is 0 Å². The SMILES string of the molecule is COc1c(C(=O)N2CCN(C(=O)COC3=CCCC(C)=C3)CC2)cccc1C(C)C. The van der Waals surface area contributed by atoms with Crippen molar-refractivity contribution in [3.8, 4) is 5.75 Å². The topological polar surface area (TPSA) is 59.1 Å². The molecule has 1 fully saturated rings. The van der Waals surface area contributed by atoms with E-state index in [4.69, 9.17) is 9.47 Å². The summed E-state index contributed by atoms with van der Waals surface area (Å²) in [6.07, 6.45) is 6.01. The molecule has 3 rings (SSSR count). The van der Waals surface area contributed by atoms with Crippen molar-refractivity contribution in [3.63, 3.8) is 0 Å². The summed E-state index contributed by atoms with van der Waals surface area (Å²) in [4.78, 5) is 29.2. The van der Waals surface area contributed by atoms with E-state index in [0.29, 0.717) is 37.5 Å².